The lowest BCUT2D eigenvalue weighted by Gasteiger charge is -2.14. The third kappa shape index (κ3) is 5.78. The van der Waals surface area contributed by atoms with Crippen LogP contribution >= 0.6 is 0 Å². The Kier molecular flexibility index (Phi) is 7.01. The van der Waals surface area contributed by atoms with Crippen LogP contribution in [-0.2, 0) is 12.7 Å². The number of benzene rings is 3. The predicted molar refractivity (Wildman–Crippen MR) is 129 cm³/mol. The number of carbonyl (C=O) groups excluding carboxylic acids is 1. The van der Waals surface area contributed by atoms with Crippen LogP contribution in [0.4, 0.5) is 24.5 Å². The van der Waals surface area contributed by atoms with E-state index in [4.69, 9.17) is 4.74 Å². The minimum absolute atomic E-state index is 0.0616. The number of para-hydroxylation sites is 1. The van der Waals surface area contributed by atoms with Gasteiger partial charge in [0.05, 0.1) is 18.2 Å². The van der Waals surface area contributed by atoms with Gasteiger partial charge in [-0.05, 0) is 47.5 Å². The Hall–Kier alpha value is -4.33. The molecule has 0 radical (unpaired) electrons. The van der Waals surface area contributed by atoms with E-state index in [0.717, 1.165) is 28.8 Å². The molecule has 0 aliphatic rings. The highest BCUT2D eigenvalue weighted by Crippen LogP contribution is 2.31. The molecule has 5 nitrogen and oxygen atoms in total. The second-order valence-electron chi connectivity index (χ2n) is 7.70. The number of carbonyl (C=O) groups is 1. The molecule has 0 saturated heterocycles. The van der Waals surface area contributed by atoms with Gasteiger partial charge in [0.1, 0.15) is 0 Å². The molecule has 1 amide bonds. The van der Waals surface area contributed by atoms with E-state index in [1.807, 2.05) is 36.4 Å². The largest absolute Gasteiger partial charge is 0.481 e. The molecule has 0 atom stereocenters. The quantitative estimate of drug-likeness (QED) is 0.313. The van der Waals surface area contributed by atoms with Gasteiger partial charge in [-0.2, -0.15) is 13.2 Å². The number of ether oxygens (including phenoxy) is 1. The molecule has 0 spiro atoms. The van der Waals surface area contributed by atoms with Crippen molar-refractivity contribution >= 4 is 17.3 Å². The van der Waals surface area contributed by atoms with Crippen LogP contribution in [0.2, 0.25) is 0 Å². The highest BCUT2D eigenvalue weighted by Gasteiger charge is 2.30. The van der Waals surface area contributed by atoms with Crippen LogP contribution in [0.15, 0.2) is 91.1 Å². The lowest BCUT2D eigenvalue weighted by Crippen LogP contribution is -2.15. The van der Waals surface area contributed by atoms with Crippen molar-refractivity contribution in [3.05, 3.63) is 108 Å². The van der Waals surface area contributed by atoms with Gasteiger partial charge in [0.15, 0.2) is 0 Å². The lowest BCUT2D eigenvalue weighted by atomic mass is 10.1. The number of halogens is 3. The third-order valence-electron chi connectivity index (χ3n) is 5.29. The number of anilines is 2. The van der Waals surface area contributed by atoms with Gasteiger partial charge in [0.25, 0.3) is 5.91 Å². The maximum absolute atomic E-state index is 13.0. The fraction of sp³-hybridized carbons (Fsp3) is 0.111. The zero-order chi connectivity index (χ0) is 24.8. The van der Waals surface area contributed by atoms with Crippen molar-refractivity contribution in [3.63, 3.8) is 0 Å². The van der Waals surface area contributed by atoms with Crippen molar-refractivity contribution in [2.75, 3.05) is 17.7 Å². The Balaban J connectivity index is 1.52. The van der Waals surface area contributed by atoms with Gasteiger partial charge >= 0.3 is 6.18 Å². The van der Waals surface area contributed by atoms with Crippen molar-refractivity contribution in [2.45, 2.75) is 12.7 Å². The molecule has 178 valence electrons. The molecule has 0 aliphatic heterocycles. The summed E-state index contributed by atoms with van der Waals surface area (Å²) in [5.41, 5.74) is 2.72. The van der Waals surface area contributed by atoms with Crippen LogP contribution in [0.25, 0.3) is 11.1 Å². The van der Waals surface area contributed by atoms with Gasteiger partial charge in [-0.25, -0.2) is 4.98 Å². The number of aromatic nitrogens is 1. The van der Waals surface area contributed by atoms with Crippen LogP contribution in [0, 0.1) is 0 Å². The van der Waals surface area contributed by atoms with E-state index in [1.165, 1.54) is 12.1 Å². The van der Waals surface area contributed by atoms with Crippen molar-refractivity contribution in [3.8, 4) is 17.0 Å². The molecule has 1 heterocycles. The fourth-order valence-electron chi connectivity index (χ4n) is 3.58. The number of methoxy groups -OCH3 is 1. The minimum atomic E-state index is -4.49. The predicted octanol–water partition coefficient (Wildman–Crippen LogP) is 6.64. The molecule has 4 aromatic rings. The first-order chi connectivity index (χ1) is 16.8. The summed E-state index contributed by atoms with van der Waals surface area (Å²) >= 11 is 0. The van der Waals surface area contributed by atoms with Crippen LogP contribution in [0.5, 0.6) is 5.88 Å². The standard InChI is InChI=1S/C27H22F3N3O2/c1-35-26-23(19-8-3-2-4-9-19)14-18(17-32-26)16-31-24-13-6-5-12-22(24)25(34)33-21-11-7-10-20(15-21)27(28,29)30/h2-15,17,31H,16H2,1H3,(H,33,34). The highest BCUT2D eigenvalue weighted by molar-refractivity contribution is 6.08. The summed E-state index contributed by atoms with van der Waals surface area (Å²) < 4.78 is 44.4. The number of rotatable bonds is 7. The van der Waals surface area contributed by atoms with Gasteiger partial charge in [-0.1, -0.05) is 48.5 Å². The van der Waals surface area contributed by atoms with Crippen LogP contribution in [0.3, 0.4) is 0 Å². The Morgan fingerprint density at radius 1 is 0.943 bits per heavy atom. The summed E-state index contributed by atoms with van der Waals surface area (Å²) in [4.78, 5) is 17.3. The Labute approximate surface area is 200 Å². The van der Waals surface area contributed by atoms with E-state index in [0.29, 0.717) is 23.7 Å². The van der Waals surface area contributed by atoms with Gasteiger partial charge in [-0.3, -0.25) is 4.79 Å². The molecule has 35 heavy (non-hydrogen) atoms. The van der Waals surface area contributed by atoms with E-state index in [-0.39, 0.29) is 5.69 Å². The first-order valence-electron chi connectivity index (χ1n) is 10.7. The summed E-state index contributed by atoms with van der Waals surface area (Å²) in [7, 11) is 1.56. The van der Waals surface area contributed by atoms with E-state index >= 15 is 0 Å². The number of nitrogens with one attached hydrogen (secondary N) is 2. The van der Waals surface area contributed by atoms with E-state index in [2.05, 4.69) is 15.6 Å². The normalized spacial score (nSPS) is 11.1. The van der Waals surface area contributed by atoms with Gasteiger partial charge in [0, 0.05) is 29.7 Å². The van der Waals surface area contributed by atoms with Crippen molar-refractivity contribution in [1.29, 1.82) is 0 Å². The maximum atomic E-state index is 13.0. The fourth-order valence-corrected chi connectivity index (χ4v) is 3.58. The Morgan fingerprint density at radius 3 is 2.43 bits per heavy atom. The molecule has 1 aromatic heterocycles. The van der Waals surface area contributed by atoms with Gasteiger partial charge in [0.2, 0.25) is 5.88 Å². The number of nitrogens with zero attached hydrogens (tertiary/aromatic N) is 1. The molecule has 4 rings (SSSR count). The van der Waals surface area contributed by atoms with Crippen LogP contribution in [-0.4, -0.2) is 18.0 Å². The number of pyridine rings is 1. The molecule has 0 saturated carbocycles. The highest BCUT2D eigenvalue weighted by atomic mass is 19.4. The molecule has 0 unspecified atom stereocenters. The summed E-state index contributed by atoms with van der Waals surface area (Å²) in [6.07, 6.45) is -2.81. The summed E-state index contributed by atoms with van der Waals surface area (Å²) in [5.74, 6) is -0.0222. The first kappa shape index (κ1) is 23.8. The number of alkyl halides is 3. The van der Waals surface area contributed by atoms with E-state index < -0.39 is 17.6 Å². The average Bonchev–Trinajstić information content (AvgIpc) is 2.87. The van der Waals surface area contributed by atoms with E-state index in [9.17, 15) is 18.0 Å². The average molecular weight is 477 g/mol. The van der Waals surface area contributed by atoms with Crippen LogP contribution < -0.4 is 15.4 Å². The molecule has 2 N–H and O–H groups in total. The second-order valence-corrected chi connectivity index (χ2v) is 7.70. The number of amides is 1. The summed E-state index contributed by atoms with van der Waals surface area (Å²) in [5, 5.41) is 5.77. The molecular weight excluding hydrogens is 455 g/mol. The molecule has 0 fully saturated rings. The number of hydrogen-bond acceptors (Lipinski definition) is 4. The monoisotopic (exact) mass is 477 g/mol. The zero-order valence-corrected chi connectivity index (χ0v) is 18.8. The van der Waals surface area contributed by atoms with Crippen molar-refractivity contribution in [1.82, 2.24) is 4.98 Å². The first-order valence-corrected chi connectivity index (χ1v) is 10.7. The zero-order valence-electron chi connectivity index (χ0n) is 18.8. The molecular formula is C27H22F3N3O2. The Morgan fingerprint density at radius 2 is 1.69 bits per heavy atom. The summed E-state index contributed by atoms with van der Waals surface area (Å²) in [6.45, 7) is 0.366. The topological polar surface area (TPSA) is 63.2 Å². The third-order valence-corrected chi connectivity index (χ3v) is 5.29. The molecule has 0 bridgehead atoms. The van der Waals surface area contributed by atoms with Crippen molar-refractivity contribution in [2.24, 2.45) is 0 Å². The molecule has 0 aliphatic carbocycles. The van der Waals surface area contributed by atoms with Gasteiger partial charge in [-0.15, -0.1) is 0 Å². The van der Waals surface area contributed by atoms with E-state index in [1.54, 1.807) is 37.6 Å². The minimum Gasteiger partial charge on any atom is -0.481 e. The SMILES string of the molecule is COc1ncc(CNc2ccccc2C(=O)Nc2cccc(C(F)(F)F)c2)cc1-c1ccccc1. The lowest BCUT2D eigenvalue weighted by molar-refractivity contribution is -0.137. The van der Waals surface area contributed by atoms with Crippen molar-refractivity contribution < 1.29 is 22.7 Å². The Bertz CT molecular complexity index is 1320. The maximum Gasteiger partial charge on any atom is 0.416 e. The number of hydrogen-bond donors (Lipinski definition) is 2. The second kappa shape index (κ2) is 10.3. The smallest absolute Gasteiger partial charge is 0.416 e. The molecule has 8 heteroatoms. The summed E-state index contributed by atoms with van der Waals surface area (Å²) in [6, 6.07) is 23.0. The van der Waals surface area contributed by atoms with Gasteiger partial charge < -0.3 is 15.4 Å². The molecule has 3 aromatic carbocycles. The van der Waals surface area contributed by atoms with Crippen LogP contribution in [0.1, 0.15) is 21.5 Å².